The third kappa shape index (κ3) is 5.81. The highest BCUT2D eigenvalue weighted by Gasteiger charge is 2.33. The Morgan fingerprint density at radius 3 is 2.56 bits per heavy atom. The van der Waals surface area contributed by atoms with Crippen LogP contribution < -0.4 is 11.1 Å². The van der Waals surface area contributed by atoms with Crippen LogP contribution in [0.2, 0.25) is 5.02 Å². The van der Waals surface area contributed by atoms with Crippen molar-refractivity contribution in [1.29, 1.82) is 0 Å². The number of rotatable bonds is 3. The number of hydrogen-bond acceptors (Lipinski definition) is 5. The fraction of sp³-hybridized carbons (Fsp3) is 0.261. The molecule has 0 bridgehead atoms. The van der Waals surface area contributed by atoms with Gasteiger partial charge < -0.3 is 11.1 Å². The molecule has 1 aromatic heterocycles. The van der Waals surface area contributed by atoms with E-state index in [0.717, 1.165) is 28.8 Å². The first kappa shape index (κ1) is 24.3. The summed E-state index contributed by atoms with van der Waals surface area (Å²) in [4.78, 5) is 15.8. The maximum atomic E-state index is 13.3. The van der Waals surface area contributed by atoms with Crippen molar-refractivity contribution in [1.82, 2.24) is 15.1 Å². The van der Waals surface area contributed by atoms with Gasteiger partial charge in [0.1, 0.15) is 0 Å². The molecule has 2 aliphatic rings. The van der Waals surface area contributed by atoms with E-state index in [9.17, 15) is 18.0 Å². The lowest BCUT2D eigenvalue weighted by Crippen LogP contribution is -2.12. The maximum absolute atomic E-state index is 13.3. The van der Waals surface area contributed by atoms with Crippen LogP contribution in [-0.2, 0) is 17.5 Å². The molecule has 6 nitrogen and oxygen atoms in total. The number of nitrogens with two attached hydrogens (primary N) is 1. The van der Waals surface area contributed by atoms with E-state index in [0.29, 0.717) is 10.4 Å². The summed E-state index contributed by atoms with van der Waals surface area (Å²) in [5, 5.41) is 8.38. The zero-order valence-corrected chi connectivity index (χ0v) is 19.5. The number of nitrogens with one attached hydrogen (secondary N) is 1. The van der Waals surface area contributed by atoms with Crippen LogP contribution >= 0.6 is 23.4 Å². The molecule has 0 atom stereocenters. The number of amidine groups is 1. The van der Waals surface area contributed by atoms with Crippen LogP contribution in [0.1, 0.15) is 29.5 Å². The lowest BCUT2D eigenvalue weighted by Gasteiger charge is -2.14. The van der Waals surface area contributed by atoms with E-state index in [1.54, 1.807) is 30.5 Å². The average molecular weight is 508 g/mol. The molecule has 3 N–H and O–H groups in total. The van der Waals surface area contributed by atoms with Crippen molar-refractivity contribution in [3.8, 4) is 0 Å². The standard InChI is InChI=1S/C19H12ClF3N4OS.C4H9N/c20-13-3-2-11(14(7-13)19(21,22)23)9-27-15-4-1-10(5-12(15)8-25-27)6-16-17(28)26-18(24)29-16;1-2-4-5-3-1/h1-8H,9H2,(H2,24,26,28);5H,1-4H2/b16-6-;. The zero-order chi connectivity index (χ0) is 24.3. The van der Waals surface area contributed by atoms with Crippen LogP contribution in [0.3, 0.4) is 0 Å². The maximum Gasteiger partial charge on any atom is 0.416 e. The Hall–Kier alpha value is -2.82. The summed E-state index contributed by atoms with van der Waals surface area (Å²) in [5.41, 5.74) is 6.22. The van der Waals surface area contributed by atoms with Gasteiger partial charge in [0.15, 0.2) is 5.17 Å². The minimum atomic E-state index is -4.52. The predicted octanol–water partition coefficient (Wildman–Crippen LogP) is 5.06. The molecule has 2 aromatic carbocycles. The Kier molecular flexibility index (Phi) is 7.30. The monoisotopic (exact) mass is 507 g/mol. The number of aliphatic imine (C=N–C) groups is 1. The molecule has 3 aromatic rings. The molecule has 0 unspecified atom stereocenters. The van der Waals surface area contributed by atoms with Gasteiger partial charge >= 0.3 is 6.18 Å². The molecule has 0 spiro atoms. The number of carbonyl (C=O) groups is 1. The van der Waals surface area contributed by atoms with Crippen LogP contribution in [-0.4, -0.2) is 33.9 Å². The van der Waals surface area contributed by atoms with E-state index in [4.69, 9.17) is 17.3 Å². The Morgan fingerprint density at radius 2 is 1.94 bits per heavy atom. The molecule has 1 saturated heterocycles. The Morgan fingerprint density at radius 1 is 1.18 bits per heavy atom. The lowest BCUT2D eigenvalue weighted by molar-refractivity contribution is -0.138. The Bertz CT molecular complexity index is 1270. The molecule has 0 radical (unpaired) electrons. The molecular weight excluding hydrogens is 487 g/mol. The van der Waals surface area contributed by atoms with E-state index in [-0.39, 0.29) is 22.3 Å². The first-order valence-electron chi connectivity index (χ1n) is 10.5. The van der Waals surface area contributed by atoms with Crippen LogP contribution in [0, 0.1) is 0 Å². The summed E-state index contributed by atoms with van der Waals surface area (Å²) < 4.78 is 41.5. The van der Waals surface area contributed by atoms with Crippen LogP contribution in [0.5, 0.6) is 0 Å². The van der Waals surface area contributed by atoms with Gasteiger partial charge in [-0.15, -0.1) is 0 Å². The summed E-state index contributed by atoms with van der Waals surface area (Å²) in [6.45, 7) is 2.44. The van der Waals surface area contributed by atoms with Crippen LogP contribution in [0.4, 0.5) is 13.2 Å². The van der Waals surface area contributed by atoms with Gasteiger partial charge in [0.05, 0.1) is 28.7 Å². The SMILES string of the molecule is C1CCNC1.NC1=NC(=O)/C(=C/c2ccc3c(cnn3Cc3ccc(Cl)cc3C(F)(F)F)c2)S1. The van der Waals surface area contributed by atoms with Gasteiger partial charge in [-0.2, -0.15) is 23.3 Å². The van der Waals surface area contributed by atoms with E-state index < -0.39 is 17.6 Å². The molecule has 3 heterocycles. The van der Waals surface area contributed by atoms with Crippen LogP contribution in [0.15, 0.2) is 52.5 Å². The molecule has 34 heavy (non-hydrogen) atoms. The van der Waals surface area contributed by atoms with E-state index in [1.807, 2.05) is 0 Å². The second kappa shape index (κ2) is 10.2. The van der Waals surface area contributed by atoms with Crippen molar-refractivity contribution < 1.29 is 18.0 Å². The smallest absolute Gasteiger partial charge is 0.378 e. The van der Waals surface area contributed by atoms with Gasteiger partial charge in [0.25, 0.3) is 5.91 Å². The van der Waals surface area contributed by atoms with Gasteiger partial charge in [-0.1, -0.05) is 23.7 Å². The van der Waals surface area contributed by atoms with E-state index in [1.165, 1.54) is 42.7 Å². The van der Waals surface area contributed by atoms with Gasteiger partial charge in [-0.3, -0.25) is 9.48 Å². The number of halogens is 4. The Balaban J connectivity index is 0.000000486. The number of fused-ring (bicyclic) bond motifs is 1. The highest BCUT2D eigenvalue weighted by atomic mass is 35.5. The fourth-order valence-electron chi connectivity index (χ4n) is 3.64. The molecule has 178 valence electrons. The van der Waals surface area contributed by atoms with Crippen molar-refractivity contribution in [2.24, 2.45) is 10.7 Å². The van der Waals surface area contributed by atoms with Gasteiger partial charge in [0.2, 0.25) is 0 Å². The van der Waals surface area contributed by atoms with Gasteiger partial charge in [-0.25, -0.2) is 0 Å². The van der Waals surface area contributed by atoms with Crippen molar-refractivity contribution in [3.05, 3.63) is 69.2 Å². The second-order valence-corrected chi connectivity index (χ2v) is 9.24. The van der Waals surface area contributed by atoms with Crippen molar-refractivity contribution in [2.45, 2.75) is 25.6 Å². The molecule has 5 rings (SSSR count). The molecule has 0 aliphatic carbocycles. The summed E-state index contributed by atoms with van der Waals surface area (Å²) in [7, 11) is 0. The molecule has 0 saturated carbocycles. The summed E-state index contributed by atoms with van der Waals surface area (Å²) >= 11 is 6.82. The van der Waals surface area contributed by atoms with E-state index >= 15 is 0 Å². The summed E-state index contributed by atoms with van der Waals surface area (Å²) in [6, 6.07) is 8.98. The minimum Gasteiger partial charge on any atom is -0.378 e. The second-order valence-electron chi connectivity index (χ2n) is 7.74. The lowest BCUT2D eigenvalue weighted by atomic mass is 10.1. The molecule has 1 fully saturated rings. The normalized spacial score (nSPS) is 17.2. The molecule has 2 aliphatic heterocycles. The summed E-state index contributed by atoms with van der Waals surface area (Å²) in [5.74, 6) is -0.397. The van der Waals surface area contributed by atoms with Gasteiger partial charge in [-0.05, 0) is 79.2 Å². The average Bonchev–Trinajstić information content (AvgIpc) is 3.53. The van der Waals surface area contributed by atoms with Crippen molar-refractivity contribution in [2.75, 3.05) is 13.1 Å². The highest BCUT2D eigenvalue weighted by molar-refractivity contribution is 8.18. The number of thioether (sulfide) groups is 1. The fourth-order valence-corrected chi connectivity index (χ4v) is 4.49. The van der Waals surface area contributed by atoms with Crippen molar-refractivity contribution in [3.63, 3.8) is 0 Å². The third-order valence-corrected chi connectivity index (χ3v) is 6.30. The largest absolute Gasteiger partial charge is 0.416 e. The number of benzene rings is 2. The van der Waals surface area contributed by atoms with E-state index in [2.05, 4.69) is 15.4 Å². The first-order chi connectivity index (χ1) is 16.2. The predicted molar refractivity (Wildman–Crippen MR) is 130 cm³/mol. The topological polar surface area (TPSA) is 85.3 Å². The van der Waals surface area contributed by atoms with Crippen molar-refractivity contribution >= 4 is 51.4 Å². The summed E-state index contributed by atoms with van der Waals surface area (Å²) in [6.07, 6.45) is 1.49. The van der Waals surface area contributed by atoms with Crippen LogP contribution in [0.25, 0.3) is 17.0 Å². The number of alkyl halides is 3. The minimum absolute atomic E-state index is 0.0213. The number of aromatic nitrogens is 2. The molecule has 11 heteroatoms. The number of carbonyl (C=O) groups excluding carboxylic acids is 1. The number of nitrogens with zero attached hydrogens (tertiary/aromatic N) is 3. The third-order valence-electron chi connectivity index (χ3n) is 5.26. The quantitative estimate of drug-likeness (QED) is 0.484. The molecular formula is C23H21ClF3N5OS. The van der Waals surface area contributed by atoms with Gasteiger partial charge in [0, 0.05) is 10.4 Å². The zero-order valence-electron chi connectivity index (χ0n) is 17.9. The number of hydrogen-bond donors (Lipinski definition) is 2. The first-order valence-corrected chi connectivity index (χ1v) is 11.7. The number of amides is 1. The highest BCUT2D eigenvalue weighted by Crippen LogP contribution is 2.34. The Labute approximate surface area is 203 Å². The molecule has 1 amide bonds.